The summed E-state index contributed by atoms with van der Waals surface area (Å²) in [5.41, 5.74) is -0.595. The van der Waals surface area contributed by atoms with E-state index in [0.717, 1.165) is 25.0 Å². The summed E-state index contributed by atoms with van der Waals surface area (Å²) in [6.07, 6.45) is -2.55. The maximum atomic E-state index is 13.5. The first kappa shape index (κ1) is 13.3. The Balaban J connectivity index is 2.27. The van der Waals surface area contributed by atoms with E-state index in [-0.39, 0.29) is 6.04 Å². The second kappa shape index (κ2) is 4.88. The Kier molecular flexibility index (Phi) is 3.61. The largest absolute Gasteiger partial charge is 0.419 e. The van der Waals surface area contributed by atoms with Crippen LogP contribution in [0, 0.1) is 11.7 Å². The maximum absolute atomic E-state index is 13.5. The van der Waals surface area contributed by atoms with Crippen molar-refractivity contribution < 1.29 is 17.6 Å². The Morgan fingerprint density at radius 1 is 1.33 bits per heavy atom. The van der Waals surface area contributed by atoms with Gasteiger partial charge in [-0.25, -0.2) is 4.39 Å². The summed E-state index contributed by atoms with van der Waals surface area (Å²) in [6, 6.07) is 3.18. The molecule has 1 aromatic carbocycles. The number of rotatable bonds is 4. The SMILES string of the molecule is CCNC(c1ccc(C(F)(F)F)c(F)c1)C1CC1. The zero-order valence-corrected chi connectivity index (χ0v) is 10.0. The highest BCUT2D eigenvalue weighted by Crippen LogP contribution is 2.42. The predicted octanol–water partition coefficient (Wildman–Crippen LogP) is 3.91. The minimum absolute atomic E-state index is 0.0354. The van der Waals surface area contributed by atoms with Gasteiger partial charge in [0, 0.05) is 6.04 Å². The molecule has 0 heterocycles. The molecule has 0 spiro atoms. The van der Waals surface area contributed by atoms with Crippen LogP contribution in [0.2, 0.25) is 0 Å². The summed E-state index contributed by atoms with van der Waals surface area (Å²) >= 11 is 0. The average molecular weight is 261 g/mol. The lowest BCUT2D eigenvalue weighted by Crippen LogP contribution is -2.23. The summed E-state index contributed by atoms with van der Waals surface area (Å²) < 4.78 is 50.8. The fraction of sp³-hybridized carbons (Fsp3) is 0.538. The van der Waals surface area contributed by atoms with Crippen LogP contribution in [-0.2, 0) is 6.18 Å². The van der Waals surface area contributed by atoms with E-state index in [4.69, 9.17) is 0 Å². The molecule has 0 saturated heterocycles. The van der Waals surface area contributed by atoms with Gasteiger partial charge in [0.25, 0.3) is 0 Å². The Morgan fingerprint density at radius 3 is 2.44 bits per heavy atom. The highest BCUT2D eigenvalue weighted by Gasteiger charge is 2.36. The van der Waals surface area contributed by atoms with E-state index in [1.807, 2.05) is 6.92 Å². The van der Waals surface area contributed by atoms with Crippen molar-refractivity contribution in [1.82, 2.24) is 5.32 Å². The van der Waals surface area contributed by atoms with Gasteiger partial charge < -0.3 is 5.32 Å². The van der Waals surface area contributed by atoms with Crippen LogP contribution >= 0.6 is 0 Å². The third kappa shape index (κ3) is 2.83. The van der Waals surface area contributed by atoms with Gasteiger partial charge in [-0.05, 0) is 43.0 Å². The highest BCUT2D eigenvalue weighted by molar-refractivity contribution is 5.29. The van der Waals surface area contributed by atoms with Crippen molar-refractivity contribution in [3.05, 3.63) is 35.1 Å². The van der Waals surface area contributed by atoms with E-state index in [1.165, 1.54) is 6.07 Å². The molecule has 1 fully saturated rings. The van der Waals surface area contributed by atoms with Crippen LogP contribution in [0.25, 0.3) is 0 Å². The van der Waals surface area contributed by atoms with Crippen LogP contribution in [0.5, 0.6) is 0 Å². The second-order valence-corrected chi connectivity index (χ2v) is 4.61. The fourth-order valence-electron chi connectivity index (χ4n) is 2.16. The van der Waals surface area contributed by atoms with Crippen molar-refractivity contribution in [2.45, 2.75) is 32.0 Å². The smallest absolute Gasteiger partial charge is 0.310 e. The van der Waals surface area contributed by atoms with Gasteiger partial charge in [0.15, 0.2) is 0 Å². The van der Waals surface area contributed by atoms with E-state index in [2.05, 4.69) is 5.32 Å². The van der Waals surface area contributed by atoms with Crippen molar-refractivity contribution in [2.75, 3.05) is 6.54 Å². The van der Waals surface area contributed by atoms with Gasteiger partial charge in [-0.2, -0.15) is 13.2 Å². The maximum Gasteiger partial charge on any atom is 0.419 e. The Hall–Kier alpha value is -1.10. The first-order valence-corrected chi connectivity index (χ1v) is 6.03. The van der Waals surface area contributed by atoms with Gasteiger partial charge in [-0.1, -0.05) is 13.0 Å². The summed E-state index contributed by atoms with van der Waals surface area (Å²) in [5.74, 6) is -0.773. The van der Waals surface area contributed by atoms with Gasteiger partial charge in [0.2, 0.25) is 0 Å². The van der Waals surface area contributed by atoms with Crippen LogP contribution in [0.3, 0.4) is 0 Å². The molecule has 100 valence electrons. The fourth-order valence-corrected chi connectivity index (χ4v) is 2.16. The molecule has 1 unspecified atom stereocenters. The van der Waals surface area contributed by atoms with Gasteiger partial charge in [-0.15, -0.1) is 0 Å². The molecule has 0 radical (unpaired) electrons. The van der Waals surface area contributed by atoms with Crippen molar-refractivity contribution in [3.8, 4) is 0 Å². The molecule has 1 atom stereocenters. The number of benzene rings is 1. The van der Waals surface area contributed by atoms with Crippen LogP contribution in [-0.4, -0.2) is 6.54 Å². The normalized spacial score (nSPS) is 17.8. The average Bonchev–Trinajstić information content (AvgIpc) is 3.07. The summed E-state index contributed by atoms with van der Waals surface area (Å²) in [7, 11) is 0. The van der Waals surface area contributed by atoms with Crippen molar-refractivity contribution in [1.29, 1.82) is 0 Å². The van der Waals surface area contributed by atoms with Gasteiger partial charge >= 0.3 is 6.18 Å². The zero-order valence-electron chi connectivity index (χ0n) is 10.0. The molecule has 0 amide bonds. The molecule has 1 aliphatic rings. The van der Waals surface area contributed by atoms with Gasteiger partial charge in [-0.3, -0.25) is 0 Å². The van der Waals surface area contributed by atoms with E-state index in [0.29, 0.717) is 18.0 Å². The number of hydrogen-bond donors (Lipinski definition) is 1. The van der Waals surface area contributed by atoms with Crippen LogP contribution in [0.4, 0.5) is 17.6 Å². The Morgan fingerprint density at radius 2 is 2.00 bits per heavy atom. The lowest BCUT2D eigenvalue weighted by molar-refractivity contribution is -0.140. The topological polar surface area (TPSA) is 12.0 Å². The molecule has 0 aromatic heterocycles. The lowest BCUT2D eigenvalue weighted by Gasteiger charge is -2.19. The molecule has 1 saturated carbocycles. The Bertz CT molecular complexity index is 423. The molecule has 1 nitrogen and oxygen atoms in total. The molecular weight excluding hydrogens is 246 g/mol. The van der Waals surface area contributed by atoms with E-state index in [1.54, 1.807) is 0 Å². The Labute approximate surface area is 103 Å². The summed E-state index contributed by atoms with van der Waals surface area (Å²) in [6.45, 7) is 2.64. The van der Waals surface area contributed by atoms with Crippen molar-refractivity contribution in [3.63, 3.8) is 0 Å². The van der Waals surface area contributed by atoms with E-state index < -0.39 is 17.6 Å². The van der Waals surface area contributed by atoms with Crippen LogP contribution < -0.4 is 5.32 Å². The van der Waals surface area contributed by atoms with Crippen LogP contribution in [0.1, 0.15) is 36.9 Å². The van der Waals surface area contributed by atoms with Gasteiger partial charge in [0.1, 0.15) is 5.82 Å². The molecule has 1 N–H and O–H groups in total. The lowest BCUT2D eigenvalue weighted by atomic mass is 10.00. The quantitative estimate of drug-likeness (QED) is 0.810. The predicted molar refractivity (Wildman–Crippen MR) is 60.5 cm³/mol. The number of nitrogens with one attached hydrogen (secondary N) is 1. The highest BCUT2D eigenvalue weighted by atomic mass is 19.4. The number of halogens is 4. The molecular formula is C13H15F4N. The molecule has 18 heavy (non-hydrogen) atoms. The third-order valence-corrected chi connectivity index (χ3v) is 3.18. The van der Waals surface area contributed by atoms with Gasteiger partial charge in [0.05, 0.1) is 5.56 Å². The molecule has 2 rings (SSSR count). The van der Waals surface area contributed by atoms with E-state index in [9.17, 15) is 17.6 Å². The standard InChI is InChI=1S/C13H15F4N/c1-2-18-12(8-3-4-8)9-5-6-10(11(14)7-9)13(15,16)17/h5-8,12,18H,2-4H2,1H3. The van der Waals surface area contributed by atoms with Crippen molar-refractivity contribution >= 4 is 0 Å². The zero-order chi connectivity index (χ0) is 13.3. The molecule has 0 bridgehead atoms. The van der Waals surface area contributed by atoms with E-state index >= 15 is 0 Å². The van der Waals surface area contributed by atoms with Crippen LogP contribution in [0.15, 0.2) is 18.2 Å². The molecule has 1 aromatic rings. The first-order valence-electron chi connectivity index (χ1n) is 6.03. The van der Waals surface area contributed by atoms with Crippen molar-refractivity contribution in [2.24, 2.45) is 5.92 Å². The third-order valence-electron chi connectivity index (χ3n) is 3.18. The number of hydrogen-bond acceptors (Lipinski definition) is 1. The second-order valence-electron chi connectivity index (χ2n) is 4.61. The monoisotopic (exact) mass is 261 g/mol. The number of alkyl halides is 3. The summed E-state index contributed by atoms with van der Waals surface area (Å²) in [4.78, 5) is 0. The molecule has 0 aliphatic heterocycles. The summed E-state index contributed by atoms with van der Waals surface area (Å²) in [5, 5.41) is 3.20. The minimum Gasteiger partial charge on any atom is -0.310 e. The molecule has 5 heteroatoms. The molecule has 1 aliphatic carbocycles. The minimum atomic E-state index is -4.63. The first-order chi connectivity index (χ1) is 8.43.